The number of carbonyl (C=O) groups excluding carboxylic acids is 2. The Kier molecular flexibility index (Phi) is 15.0. The van der Waals surface area contributed by atoms with Crippen LogP contribution in [0.5, 0.6) is 0 Å². The number of esters is 1. The van der Waals surface area contributed by atoms with Gasteiger partial charge in [-0.3, -0.25) is 4.79 Å². The van der Waals surface area contributed by atoms with Crippen LogP contribution in [0.2, 0.25) is 0 Å². The number of ether oxygens (including phenoxy) is 7. The fraction of sp³-hybridized carbons (Fsp3) is 0.422. The molecular formula is C45H55NO9. The van der Waals surface area contributed by atoms with Crippen molar-refractivity contribution in [2.24, 2.45) is 5.41 Å². The summed E-state index contributed by atoms with van der Waals surface area (Å²) in [7, 11) is 1.32. The lowest BCUT2D eigenvalue weighted by Crippen LogP contribution is -2.69. The van der Waals surface area contributed by atoms with Gasteiger partial charge in [-0.15, -0.1) is 0 Å². The highest BCUT2D eigenvalue weighted by molar-refractivity contribution is 5.78. The Labute approximate surface area is 325 Å². The smallest absolute Gasteiger partial charge is 0.407 e. The molecule has 0 spiro atoms. The number of amides is 1. The molecule has 294 valence electrons. The Bertz CT molecular complexity index is 1730. The lowest BCUT2D eigenvalue weighted by Gasteiger charge is -2.50. The van der Waals surface area contributed by atoms with Crippen molar-refractivity contribution in [1.29, 1.82) is 0 Å². The fourth-order valence-electron chi connectivity index (χ4n) is 6.59. The van der Waals surface area contributed by atoms with Crippen LogP contribution in [-0.4, -0.2) is 67.9 Å². The van der Waals surface area contributed by atoms with Crippen molar-refractivity contribution in [2.75, 3.05) is 13.7 Å². The standard InChI is InChI=1S/C45H55NO9/c1-44(2,3)55-43(48)46-41(45(4,5)42(47)49-6)40-39(53-30-35-25-17-10-18-26-35)38(52-29-34-23-15-9-16-24-34)37(51-28-33-21-13-8-14-22-33)36(54-40)31-50-27-32-19-11-7-12-20-32/h7-26,36-41H,27-31H2,1-6H3,(H,46,48)/t36-,37+,38+,39-,40-,41+/m1/s1. The van der Waals surface area contributed by atoms with E-state index in [0.717, 1.165) is 22.3 Å². The van der Waals surface area contributed by atoms with Crippen LogP contribution in [0.1, 0.15) is 56.9 Å². The summed E-state index contributed by atoms with van der Waals surface area (Å²) in [6, 6.07) is 38.3. The number of nitrogens with one attached hydrogen (secondary N) is 1. The maximum atomic E-state index is 13.6. The highest BCUT2D eigenvalue weighted by atomic mass is 16.6. The van der Waals surface area contributed by atoms with Crippen LogP contribution in [0.25, 0.3) is 0 Å². The molecule has 4 aromatic rings. The van der Waals surface area contributed by atoms with Gasteiger partial charge in [0.15, 0.2) is 0 Å². The Balaban J connectivity index is 1.60. The molecule has 1 saturated heterocycles. The molecule has 6 atom stereocenters. The molecule has 1 fully saturated rings. The minimum atomic E-state index is -1.33. The molecule has 0 radical (unpaired) electrons. The summed E-state index contributed by atoms with van der Waals surface area (Å²) >= 11 is 0. The van der Waals surface area contributed by atoms with Crippen LogP contribution in [0.4, 0.5) is 4.79 Å². The molecule has 55 heavy (non-hydrogen) atoms. The number of alkyl carbamates (subject to hydrolysis) is 1. The average molecular weight is 754 g/mol. The van der Waals surface area contributed by atoms with Gasteiger partial charge in [0.25, 0.3) is 0 Å². The van der Waals surface area contributed by atoms with E-state index in [4.69, 9.17) is 33.2 Å². The molecule has 1 aliphatic rings. The first-order chi connectivity index (χ1) is 26.4. The van der Waals surface area contributed by atoms with E-state index in [1.54, 1.807) is 34.6 Å². The van der Waals surface area contributed by atoms with Gasteiger partial charge >= 0.3 is 12.1 Å². The molecule has 1 heterocycles. The van der Waals surface area contributed by atoms with Crippen molar-refractivity contribution in [2.45, 2.75) is 103 Å². The molecule has 0 aliphatic carbocycles. The van der Waals surface area contributed by atoms with Gasteiger partial charge in [0, 0.05) is 0 Å². The second kappa shape index (κ2) is 19.8. The van der Waals surface area contributed by atoms with Crippen LogP contribution in [0.15, 0.2) is 121 Å². The van der Waals surface area contributed by atoms with Crippen LogP contribution >= 0.6 is 0 Å². The third kappa shape index (κ3) is 12.2. The Morgan fingerprint density at radius 1 is 0.618 bits per heavy atom. The van der Waals surface area contributed by atoms with Crippen molar-refractivity contribution >= 4 is 12.1 Å². The van der Waals surface area contributed by atoms with Gasteiger partial charge in [0.05, 0.1) is 51.6 Å². The molecule has 1 amide bonds. The molecule has 10 nitrogen and oxygen atoms in total. The molecule has 0 aromatic heterocycles. The SMILES string of the molecule is COC(=O)C(C)(C)[C@@H](NC(=O)OC(C)(C)C)[C@@H]1O[C@H](COCc2ccccc2)[C@H](OCc2ccccc2)[C@H](OCc2ccccc2)[C@H]1OCc1ccccc1. The highest BCUT2D eigenvalue weighted by Crippen LogP contribution is 2.37. The van der Waals surface area contributed by atoms with E-state index in [1.807, 2.05) is 121 Å². The quantitative estimate of drug-likeness (QED) is 0.108. The second-order valence-corrected chi connectivity index (χ2v) is 15.3. The minimum absolute atomic E-state index is 0.110. The minimum Gasteiger partial charge on any atom is -0.469 e. The third-order valence-electron chi connectivity index (χ3n) is 9.41. The molecular weight excluding hydrogens is 698 g/mol. The van der Waals surface area contributed by atoms with E-state index in [2.05, 4.69) is 5.32 Å². The van der Waals surface area contributed by atoms with E-state index in [1.165, 1.54) is 7.11 Å². The number of methoxy groups -OCH3 is 1. The first-order valence-electron chi connectivity index (χ1n) is 18.8. The summed E-state index contributed by atoms with van der Waals surface area (Å²) in [6.07, 6.45) is -4.78. The molecule has 0 unspecified atom stereocenters. The van der Waals surface area contributed by atoms with Gasteiger partial charge in [-0.05, 0) is 56.9 Å². The summed E-state index contributed by atoms with van der Waals surface area (Å²) in [4.78, 5) is 27.2. The molecule has 1 aliphatic heterocycles. The number of benzene rings is 4. The van der Waals surface area contributed by atoms with E-state index in [9.17, 15) is 9.59 Å². The van der Waals surface area contributed by atoms with E-state index in [-0.39, 0.29) is 26.4 Å². The summed E-state index contributed by atoms with van der Waals surface area (Å²) in [5.41, 5.74) is 1.68. The van der Waals surface area contributed by atoms with Gasteiger partial charge < -0.3 is 38.5 Å². The number of carbonyl (C=O) groups is 2. The average Bonchev–Trinajstić information content (AvgIpc) is 3.18. The van der Waals surface area contributed by atoms with E-state index >= 15 is 0 Å². The van der Waals surface area contributed by atoms with Crippen molar-refractivity contribution in [3.8, 4) is 0 Å². The Morgan fingerprint density at radius 3 is 1.47 bits per heavy atom. The normalized spacial score (nSPS) is 20.7. The predicted molar refractivity (Wildman–Crippen MR) is 209 cm³/mol. The van der Waals surface area contributed by atoms with Crippen LogP contribution in [-0.2, 0) is 64.4 Å². The highest BCUT2D eigenvalue weighted by Gasteiger charge is 2.56. The van der Waals surface area contributed by atoms with Gasteiger partial charge in [-0.1, -0.05) is 121 Å². The molecule has 5 rings (SSSR count). The maximum absolute atomic E-state index is 13.6. The molecule has 4 aromatic carbocycles. The summed E-state index contributed by atoms with van der Waals surface area (Å²) < 4.78 is 44.9. The lowest BCUT2D eigenvalue weighted by atomic mass is 9.77. The summed E-state index contributed by atoms with van der Waals surface area (Å²) in [5, 5.41) is 2.99. The predicted octanol–water partition coefficient (Wildman–Crippen LogP) is 7.82. The number of hydrogen-bond donors (Lipinski definition) is 1. The zero-order valence-electron chi connectivity index (χ0n) is 32.7. The molecule has 1 N–H and O–H groups in total. The molecule has 0 saturated carbocycles. The van der Waals surface area contributed by atoms with E-state index in [0.29, 0.717) is 6.61 Å². The van der Waals surface area contributed by atoms with Gasteiger partial charge in [-0.25, -0.2) is 4.79 Å². The van der Waals surface area contributed by atoms with Crippen LogP contribution in [0, 0.1) is 5.41 Å². The van der Waals surface area contributed by atoms with E-state index < -0.39 is 59.6 Å². The van der Waals surface area contributed by atoms with Gasteiger partial charge in [-0.2, -0.15) is 0 Å². The first-order valence-corrected chi connectivity index (χ1v) is 18.8. The number of rotatable bonds is 17. The van der Waals surface area contributed by atoms with Crippen molar-refractivity contribution < 1.29 is 42.7 Å². The topological polar surface area (TPSA) is 111 Å². The summed E-state index contributed by atoms with van der Waals surface area (Å²) in [5.74, 6) is -0.556. The van der Waals surface area contributed by atoms with Crippen molar-refractivity contribution in [1.82, 2.24) is 5.32 Å². The zero-order valence-corrected chi connectivity index (χ0v) is 32.7. The van der Waals surface area contributed by atoms with Crippen LogP contribution in [0.3, 0.4) is 0 Å². The third-order valence-corrected chi connectivity index (χ3v) is 9.41. The maximum Gasteiger partial charge on any atom is 0.407 e. The number of hydrogen-bond acceptors (Lipinski definition) is 9. The Hall–Kier alpha value is -4.58. The molecule has 10 heteroatoms. The zero-order chi connectivity index (χ0) is 39.3. The first kappa shape index (κ1) is 41.6. The largest absolute Gasteiger partial charge is 0.469 e. The molecule has 0 bridgehead atoms. The van der Waals surface area contributed by atoms with Crippen molar-refractivity contribution in [3.05, 3.63) is 144 Å². The van der Waals surface area contributed by atoms with Crippen molar-refractivity contribution in [3.63, 3.8) is 0 Å². The lowest BCUT2D eigenvalue weighted by molar-refractivity contribution is -0.281. The van der Waals surface area contributed by atoms with Gasteiger partial charge in [0.1, 0.15) is 36.1 Å². The van der Waals surface area contributed by atoms with Crippen LogP contribution < -0.4 is 5.32 Å². The monoisotopic (exact) mass is 753 g/mol. The van der Waals surface area contributed by atoms with Gasteiger partial charge in [0.2, 0.25) is 0 Å². The Morgan fingerprint density at radius 2 is 1.04 bits per heavy atom. The second-order valence-electron chi connectivity index (χ2n) is 15.3. The summed E-state index contributed by atoms with van der Waals surface area (Å²) in [6.45, 7) is 9.86. The fourth-order valence-corrected chi connectivity index (χ4v) is 6.59.